The fourth-order valence-corrected chi connectivity index (χ4v) is 4.73. The average Bonchev–Trinajstić information content (AvgIpc) is 3.31. The molecule has 3 heterocycles. The Kier molecular flexibility index (Phi) is 4.50. The molecule has 2 unspecified atom stereocenters. The first kappa shape index (κ1) is 19.1. The number of nitrogens with zero attached hydrogens (tertiary/aromatic N) is 3. The molecule has 4 aromatic rings. The minimum atomic E-state index is -0.297. The number of nitrogens with one attached hydrogen (secondary N) is 1. The highest BCUT2D eigenvalue weighted by atomic mass is 79.9. The second kappa shape index (κ2) is 7.53. The summed E-state index contributed by atoms with van der Waals surface area (Å²) in [6.07, 6.45) is 1.28. The third-order valence-corrected chi connectivity index (χ3v) is 6.43. The van der Waals surface area contributed by atoms with Crippen molar-refractivity contribution in [2.75, 3.05) is 12.4 Å². The maximum Gasteiger partial charge on any atom is 0.226 e. The summed E-state index contributed by atoms with van der Waals surface area (Å²) in [5, 5.41) is 8.09. The first-order valence-electron chi connectivity index (χ1n) is 10.3. The van der Waals surface area contributed by atoms with Gasteiger partial charge in [-0.25, -0.2) is 4.68 Å². The second-order valence-electron chi connectivity index (χ2n) is 7.71. The van der Waals surface area contributed by atoms with E-state index < -0.39 is 0 Å². The van der Waals surface area contributed by atoms with E-state index in [9.17, 15) is 0 Å². The summed E-state index contributed by atoms with van der Waals surface area (Å²) in [5.74, 6) is 2.33. The molecule has 1 aromatic heterocycles. The minimum Gasteiger partial charge on any atom is -0.497 e. The highest BCUT2D eigenvalue weighted by molar-refractivity contribution is 9.10. The Morgan fingerprint density at radius 1 is 1.00 bits per heavy atom. The number of para-hydroxylation sites is 1. The van der Waals surface area contributed by atoms with Crippen LogP contribution >= 0.6 is 15.9 Å². The smallest absolute Gasteiger partial charge is 0.226 e. The van der Waals surface area contributed by atoms with Crippen LogP contribution in [0.15, 0.2) is 89.2 Å². The van der Waals surface area contributed by atoms with Gasteiger partial charge >= 0.3 is 0 Å². The molecule has 7 heteroatoms. The topological polar surface area (TPSA) is 61.2 Å². The van der Waals surface area contributed by atoms with Crippen molar-refractivity contribution in [1.29, 1.82) is 0 Å². The van der Waals surface area contributed by atoms with Gasteiger partial charge in [0, 0.05) is 15.6 Å². The van der Waals surface area contributed by atoms with Gasteiger partial charge in [0.15, 0.2) is 0 Å². The summed E-state index contributed by atoms with van der Waals surface area (Å²) in [6.45, 7) is 0. The Balaban J connectivity index is 1.62. The molecule has 32 heavy (non-hydrogen) atoms. The molecule has 0 amide bonds. The van der Waals surface area contributed by atoms with Gasteiger partial charge in [-0.3, -0.25) is 0 Å². The highest BCUT2D eigenvalue weighted by Crippen LogP contribution is 2.50. The van der Waals surface area contributed by atoms with Crippen LogP contribution in [0.25, 0.3) is 5.70 Å². The summed E-state index contributed by atoms with van der Waals surface area (Å²) in [6, 6.07) is 24.2. The molecule has 158 valence electrons. The van der Waals surface area contributed by atoms with Crippen molar-refractivity contribution in [3.8, 4) is 11.5 Å². The largest absolute Gasteiger partial charge is 0.497 e. The molecule has 6 rings (SSSR count). The number of anilines is 1. The van der Waals surface area contributed by atoms with Gasteiger partial charge in [-0.15, -0.1) is 0 Å². The molecule has 0 spiro atoms. The Morgan fingerprint density at radius 2 is 1.84 bits per heavy atom. The lowest BCUT2D eigenvalue weighted by Crippen LogP contribution is -2.32. The van der Waals surface area contributed by atoms with Crippen molar-refractivity contribution >= 4 is 27.6 Å². The van der Waals surface area contributed by atoms with Crippen LogP contribution in [0.5, 0.6) is 11.5 Å². The molecule has 1 N–H and O–H groups in total. The molecule has 0 fully saturated rings. The number of hydrogen-bond acceptors (Lipinski definition) is 5. The summed E-state index contributed by atoms with van der Waals surface area (Å²) < 4.78 is 15.1. The van der Waals surface area contributed by atoms with Crippen molar-refractivity contribution in [1.82, 2.24) is 14.8 Å². The summed E-state index contributed by atoms with van der Waals surface area (Å²) in [7, 11) is 1.68. The van der Waals surface area contributed by atoms with E-state index in [2.05, 4.69) is 55.6 Å². The van der Waals surface area contributed by atoms with Gasteiger partial charge in [-0.05, 0) is 47.5 Å². The number of methoxy groups -OCH3 is 1. The molecule has 3 aromatic carbocycles. The Morgan fingerprint density at radius 3 is 2.69 bits per heavy atom. The number of halogens is 1. The van der Waals surface area contributed by atoms with Crippen LogP contribution in [0.2, 0.25) is 0 Å². The van der Waals surface area contributed by atoms with Gasteiger partial charge in [0.2, 0.25) is 5.95 Å². The van der Waals surface area contributed by atoms with E-state index in [0.717, 1.165) is 43.9 Å². The fourth-order valence-electron chi connectivity index (χ4n) is 4.46. The average molecular weight is 487 g/mol. The zero-order chi connectivity index (χ0) is 21.7. The van der Waals surface area contributed by atoms with Gasteiger partial charge < -0.3 is 14.8 Å². The van der Waals surface area contributed by atoms with E-state index in [1.807, 2.05) is 53.2 Å². The Bertz CT molecular complexity index is 1350. The number of aromatic nitrogens is 3. The highest BCUT2D eigenvalue weighted by Gasteiger charge is 2.40. The maximum atomic E-state index is 6.62. The molecule has 0 saturated heterocycles. The van der Waals surface area contributed by atoms with Crippen LogP contribution < -0.4 is 14.8 Å². The van der Waals surface area contributed by atoms with Gasteiger partial charge in [-0.2, -0.15) is 10.1 Å². The first-order valence-corrected chi connectivity index (χ1v) is 11.1. The molecule has 2 atom stereocenters. The van der Waals surface area contributed by atoms with Gasteiger partial charge in [-0.1, -0.05) is 52.3 Å². The molecule has 0 aliphatic carbocycles. The van der Waals surface area contributed by atoms with E-state index in [-0.39, 0.29) is 12.1 Å². The van der Waals surface area contributed by atoms with Crippen molar-refractivity contribution in [3.05, 3.63) is 106 Å². The van der Waals surface area contributed by atoms with Crippen LogP contribution in [0.3, 0.4) is 0 Å². The Labute approximate surface area is 193 Å². The molecule has 6 nitrogen and oxygen atoms in total. The van der Waals surface area contributed by atoms with Crippen LogP contribution in [-0.2, 0) is 0 Å². The monoisotopic (exact) mass is 486 g/mol. The summed E-state index contributed by atoms with van der Waals surface area (Å²) >= 11 is 3.54. The standard InChI is InChI=1S/C25H19BrN4O2/c1-31-18-6-4-5-16(13-18)23-21-22(29-25-27-14-28-30(23)25)19-7-2-3-8-20(19)32-24(21)15-9-11-17(26)12-10-15/h2-14,23-24H,1H3,(H,27,28,29). The van der Waals surface area contributed by atoms with Crippen LogP contribution in [0.4, 0.5) is 5.95 Å². The Hall–Kier alpha value is -3.58. The predicted molar refractivity (Wildman–Crippen MR) is 126 cm³/mol. The zero-order valence-corrected chi connectivity index (χ0v) is 18.8. The molecule has 0 radical (unpaired) electrons. The van der Waals surface area contributed by atoms with E-state index >= 15 is 0 Å². The fraction of sp³-hybridized carbons (Fsp3) is 0.120. The van der Waals surface area contributed by atoms with E-state index in [0.29, 0.717) is 5.95 Å². The molecule has 2 aliphatic rings. The van der Waals surface area contributed by atoms with E-state index in [1.54, 1.807) is 13.4 Å². The molecule has 0 saturated carbocycles. The third-order valence-electron chi connectivity index (χ3n) is 5.90. The van der Waals surface area contributed by atoms with Crippen molar-refractivity contribution < 1.29 is 9.47 Å². The summed E-state index contributed by atoms with van der Waals surface area (Å²) in [5.41, 5.74) is 5.21. The number of benzene rings is 3. The van der Waals surface area contributed by atoms with Gasteiger partial charge in [0.05, 0.1) is 12.8 Å². The predicted octanol–water partition coefficient (Wildman–Crippen LogP) is 5.61. The number of hydrogen-bond donors (Lipinski definition) is 1. The lowest BCUT2D eigenvalue weighted by molar-refractivity contribution is 0.223. The molecule has 0 bridgehead atoms. The van der Waals surface area contributed by atoms with Crippen LogP contribution in [0.1, 0.15) is 28.8 Å². The number of ether oxygens (including phenoxy) is 2. The molecule has 2 aliphatic heterocycles. The molecular weight excluding hydrogens is 468 g/mol. The lowest BCUT2D eigenvalue weighted by Gasteiger charge is -2.39. The zero-order valence-electron chi connectivity index (χ0n) is 17.2. The maximum absolute atomic E-state index is 6.62. The SMILES string of the molecule is COc1cccc(C2C3=C(Nc4ncnn42)c2ccccc2OC3c2ccc(Br)cc2)c1. The molecular formula is C25H19BrN4O2. The van der Waals surface area contributed by atoms with E-state index in [1.165, 1.54) is 0 Å². The second-order valence-corrected chi connectivity index (χ2v) is 8.62. The van der Waals surface area contributed by atoms with Crippen molar-refractivity contribution in [2.24, 2.45) is 0 Å². The van der Waals surface area contributed by atoms with E-state index in [4.69, 9.17) is 9.47 Å². The van der Waals surface area contributed by atoms with Gasteiger partial charge in [0.1, 0.15) is 30.0 Å². The first-order chi connectivity index (χ1) is 15.7. The number of fused-ring (bicyclic) bond motifs is 3. The van der Waals surface area contributed by atoms with Crippen molar-refractivity contribution in [2.45, 2.75) is 12.1 Å². The quantitative estimate of drug-likeness (QED) is 0.407. The van der Waals surface area contributed by atoms with Crippen molar-refractivity contribution in [3.63, 3.8) is 0 Å². The van der Waals surface area contributed by atoms with Crippen LogP contribution in [-0.4, -0.2) is 21.9 Å². The van der Waals surface area contributed by atoms with Gasteiger partial charge in [0.25, 0.3) is 0 Å². The van der Waals surface area contributed by atoms with Crippen LogP contribution in [0, 0.1) is 0 Å². The minimum absolute atomic E-state index is 0.208. The number of rotatable bonds is 3. The lowest BCUT2D eigenvalue weighted by atomic mass is 9.84. The third kappa shape index (κ3) is 3.00. The summed E-state index contributed by atoms with van der Waals surface area (Å²) in [4.78, 5) is 4.48. The normalized spacial score (nSPS) is 18.7.